The van der Waals surface area contributed by atoms with Crippen molar-refractivity contribution in [2.75, 3.05) is 27.4 Å². The Balaban J connectivity index is 2.04. The number of phenols is 1. The molecule has 0 saturated carbocycles. The summed E-state index contributed by atoms with van der Waals surface area (Å²) in [5.74, 6) is 0.487. The number of hydrogen-bond donors (Lipinski definition) is 4. The van der Waals surface area contributed by atoms with Crippen LogP contribution in [0.4, 0.5) is 0 Å². The lowest BCUT2D eigenvalue weighted by Crippen LogP contribution is -2.53. The molecule has 8 nitrogen and oxygen atoms in total. The van der Waals surface area contributed by atoms with Crippen LogP contribution in [0.15, 0.2) is 23.2 Å². The van der Waals surface area contributed by atoms with Crippen LogP contribution in [0.25, 0.3) is 6.08 Å². The van der Waals surface area contributed by atoms with Crippen molar-refractivity contribution in [3.8, 4) is 17.2 Å². The minimum atomic E-state index is -1.18. The molecule has 0 spiro atoms. The number of hydrogen-bond acceptors (Lipinski definition) is 8. The molecule has 1 aromatic rings. The minimum Gasteiger partial charge on any atom is -0.502 e. The Morgan fingerprint density at radius 1 is 1.20 bits per heavy atom. The van der Waals surface area contributed by atoms with Crippen LogP contribution < -0.4 is 9.47 Å². The molecular weight excluding hydrogens is 330 g/mol. The second-order valence-corrected chi connectivity index (χ2v) is 5.53. The van der Waals surface area contributed by atoms with Crippen molar-refractivity contribution < 1.29 is 34.6 Å². The summed E-state index contributed by atoms with van der Waals surface area (Å²) in [4.78, 5) is 4.16. The number of nitrogens with zero attached hydrogens (tertiary/aromatic N) is 1. The Hall–Kier alpha value is -2.13. The summed E-state index contributed by atoms with van der Waals surface area (Å²) in [6.45, 7) is -0.256. The first-order chi connectivity index (χ1) is 12.0. The quantitative estimate of drug-likeness (QED) is 0.530. The fourth-order valence-electron chi connectivity index (χ4n) is 2.48. The van der Waals surface area contributed by atoms with Gasteiger partial charge in [-0.25, -0.2) is 0 Å². The number of allylic oxidation sites excluding steroid dienone is 1. The first-order valence-corrected chi connectivity index (χ1v) is 7.75. The number of ether oxygens (including phenoxy) is 3. The van der Waals surface area contributed by atoms with Gasteiger partial charge < -0.3 is 34.6 Å². The number of aromatic hydroxyl groups is 1. The van der Waals surface area contributed by atoms with Gasteiger partial charge in [-0.05, 0) is 23.8 Å². The van der Waals surface area contributed by atoms with Crippen molar-refractivity contribution in [2.24, 2.45) is 4.99 Å². The summed E-state index contributed by atoms with van der Waals surface area (Å²) >= 11 is 0. The molecule has 4 unspecified atom stereocenters. The molecule has 1 aliphatic heterocycles. The normalized spacial score (nSPS) is 27.1. The Bertz CT molecular complexity index is 606. The summed E-state index contributed by atoms with van der Waals surface area (Å²) < 4.78 is 15.4. The molecule has 138 valence electrons. The van der Waals surface area contributed by atoms with Gasteiger partial charge >= 0.3 is 0 Å². The monoisotopic (exact) mass is 353 g/mol. The predicted octanol–water partition coefficient (Wildman–Crippen LogP) is -0.0251. The number of aliphatic hydroxyl groups is 3. The highest BCUT2D eigenvalue weighted by Gasteiger charge is 2.37. The molecule has 0 aliphatic carbocycles. The molecule has 0 amide bonds. The van der Waals surface area contributed by atoms with E-state index < -0.39 is 24.4 Å². The van der Waals surface area contributed by atoms with Crippen LogP contribution in [0, 0.1) is 0 Å². The van der Waals surface area contributed by atoms with Crippen LogP contribution in [0.1, 0.15) is 5.56 Å². The van der Waals surface area contributed by atoms with Crippen molar-refractivity contribution in [1.82, 2.24) is 0 Å². The summed E-state index contributed by atoms with van der Waals surface area (Å²) in [5.41, 5.74) is 0.721. The Kier molecular flexibility index (Phi) is 6.77. The summed E-state index contributed by atoms with van der Waals surface area (Å²) in [6.07, 6.45) is 1.75. The number of aliphatic imine (C=N–C) groups is 1. The molecule has 2 rings (SSSR count). The maximum Gasteiger partial charge on any atom is 0.200 e. The smallest absolute Gasteiger partial charge is 0.200 e. The molecule has 4 N–H and O–H groups in total. The minimum absolute atomic E-state index is 0.0780. The fourth-order valence-corrected chi connectivity index (χ4v) is 2.48. The van der Waals surface area contributed by atoms with E-state index in [1.165, 1.54) is 20.4 Å². The zero-order valence-electron chi connectivity index (χ0n) is 14.1. The van der Waals surface area contributed by atoms with E-state index in [4.69, 9.17) is 19.3 Å². The summed E-state index contributed by atoms with van der Waals surface area (Å²) in [5, 5.41) is 38.7. The third-order valence-corrected chi connectivity index (χ3v) is 3.94. The molecule has 4 atom stereocenters. The summed E-state index contributed by atoms with van der Waals surface area (Å²) in [7, 11) is 2.89. The van der Waals surface area contributed by atoms with Crippen LogP contribution in [0.5, 0.6) is 17.2 Å². The van der Waals surface area contributed by atoms with E-state index in [9.17, 15) is 15.3 Å². The second-order valence-electron chi connectivity index (χ2n) is 5.53. The maximum atomic E-state index is 9.98. The molecular formula is C17H23NO7. The van der Waals surface area contributed by atoms with Crippen molar-refractivity contribution in [3.63, 3.8) is 0 Å². The van der Waals surface area contributed by atoms with Crippen LogP contribution in [0.2, 0.25) is 0 Å². The Morgan fingerprint density at radius 2 is 1.84 bits per heavy atom. The fraction of sp³-hybridized carbons (Fsp3) is 0.471. The molecule has 1 aliphatic rings. The zero-order chi connectivity index (χ0) is 18.4. The molecule has 1 fully saturated rings. The van der Waals surface area contributed by atoms with Crippen LogP contribution >= 0.6 is 0 Å². The highest BCUT2D eigenvalue weighted by molar-refractivity contribution is 5.79. The Labute approximate surface area is 145 Å². The van der Waals surface area contributed by atoms with E-state index >= 15 is 0 Å². The van der Waals surface area contributed by atoms with Gasteiger partial charge in [-0.2, -0.15) is 0 Å². The van der Waals surface area contributed by atoms with Crippen molar-refractivity contribution in [3.05, 3.63) is 23.8 Å². The van der Waals surface area contributed by atoms with Crippen LogP contribution in [-0.2, 0) is 4.74 Å². The predicted molar refractivity (Wildman–Crippen MR) is 91.4 cm³/mol. The van der Waals surface area contributed by atoms with Gasteiger partial charge in [0.15, 0.2) is 11.5 Å². The maximum absolute atomic E-state index is 9.98. The van der Waals surface area contributed by atoms with Gasteiger partial charge in [-0.15, -0.1) is 0 Å². The number of phenolic OH excluding ortho intramolecular Hbond substituents is 1. The highest BCUT2D eigenvalue weighted by Crippen LogP contribution is 2.37. The molecule has 1 aromatic carbocycles. The van der Waals surface area contributed by atoms with Gasteiger partial charge in [0.1, 0.15) is 24.4 Å². The van der Waals surface area contributed by atoms with E-state index in [0.717, 1.165) is 5.56 Å². The van der Waals surface area contributed by atoms with E-state index in [-0.39, 0.29) is 30.5 Å². The molecule has 8 heteroatoms. The van der Waals surface area contributed by atoms with E-state index in [2.05, 4.69) is 4.99 Å². The number of methoxy groups -OCH3 is 2. The average Bonchev–Trinajstić information content (AvgIpc) is 2.63. The van der Waals surface area contributed by atoms with Crippen LogP contribution in [0.3, 0.4) is 0 Å². The van der Waals surface area contributed by atoms with Gasteiger partial charge in [-0.3, -0.25) is 4.99 Å². The topological polar surface area (TPSA) is 121 Å². The lowest BCUT2D eigenvalue weighted by molar-refractivity contribution is -0.155. The number of rotatable bonds is 6. The number of aliphatic hydroxyl groups excluding tert-OH is 3. The average molecular weight is 353 g/mol. The lowest BCUT2D eigenvalue weighted by atomic mass is 9.99. The van der Waals surface area contributed by atoms with Crippen molar-refractivity contribution >= 4 is 12.3 Å². The molecule has 0 aromatic heterocycles. The molecule has 0 bridgehead atoms. The van der Waals surface area contributed by atoms with E-state index in [1.54, 1.807) is 24.3 Å². The standard InChI is InChI=1S/C17H23NO7/c1-23-12-6-10(7-13(24-2)16(12)21)4-3-5-18-11-9-25-14(8-19)17(22)15(11)20/h3-7,11,14-15,17,19-22H,8-9H2,1-2H3/b4-3+,18-5?. The molecule has 0 radical (unpaired) electrons. The zero-order valence-corrected chi connectivity index (χ0v) is 14.1. The Morgan fingerprint density at radius 3 is 2.40 bits per heavy atom. The van der Waals surface area contributed by atoms with Gasteiger partial charge in [0.2, 0.25) is 5.75 Å². The lowest BCUT2D eigenvalue weighted by Gasteiger charge is -2.34. The molecule has 1 heterocycles. The van der Waals surface area contributed by atoms with Gasteiger partial charge in [0.25, 0.3) is 0 Å². The summed E-state index contributed by atoms with van der Waals surface area (Å²) in [6, 6.07) is 2.65. The highest BCUT2D eigenvalue weighted by atomic mass is 16.5. The van der Waals surface area contributed by atoms with Crippen molar-refractivity contribution in [2.45, 2.75) is 24.4 Å². The second kappa shape index (κ2) is 8.82. The third kappa shape index (κ3) is 4.49. The van der Waals surface area contributed by atoms with Gasteiger partial charge in [0, 0.05) is 6.21 Å². The van der Waals surface area contributed by atoms with E-state index in [1.807, 2.05) is 0 Å². The number of benzene rings is 1. The van der Waals surface area contributed by atoms with Crippen LogP contribution in [-0.4, -0.2) is 78.4 Å². The van der Waals surface area contributed by atoms with E-state index in [0.29, 0.717) is 0 Å². The molecule has 25 heavy (non-hydrogen) atoms. The third-order valence-electron chi connectivity index (χ3n) is 3.94. The molecule has 1 saturated heterocycles. The van der Waals surface area contributed by atoms with Gasteiger partial charge in [-0.1, -0.05) is 6.08 Å². The first-order valence-electron chi connectivity index (χ1n) is 7.75. The SMILES string of the molecule is COc1cc(/C=C/C=NC2COC(CO)C(O)C2O)cc(OC)c1O. The first kappa shape index (κ1) is 19.2. The largest absolute Gasteiger partial charge is 0.502 e. The van der Waals surface area contributed by atoms with Crippen molar-refractivity contribution in [1.29, 1.82) is 0 Å². The van der Waals surface area contributed by atoms with Gasteiger partial charge in [0.05, 0.1) is 27.4 Å².